The van der Waals surface area contributed by atoms with Crippen molar-refractivity contribution in [1.29, 1.82) is 0 Å². The number of amides is 1. The van der Waals surface area contributed by atoms with Crippen molar-refractivity contribution in [3.8, 4) is 0 Å². The van der Waals surface area contributed by atoms with E-state index < -0.39 is 0 Å². The molecule has 0 saturated carbocycles. The first-order valence-corrected chi connectivity index (χ1v) is 9.86. The van der Waals surface area contributed by atoms with E-state index in [0.717, 1.165) is 30.6 Å². The van der Waals surface area contributed by atoms with Gasteiger partial charge in [-0.25, -0.2) is 14.4 Å². The van der Waals surface area contributed by atoms with Crippen LogP contribution in [0.2, 0.25) is 0 Å². The molecule has 1 aliphatic heterocycles. The highest BCUT2D eigenvalue weighted by molar-refractivity contribution is 7.11. The van der Waals surface area contributed by atoms with Crippen LogP contribution < -0.4 is 0 Å². The van der Waals surface area contributed by atoms with Crippen LogP contribution in [0.4, 0.5) is 4.39 Å². The molecular weight excluding hydrogens is 365 g/mol. The maximum absolute atomic E-state index is 13.3. The Bertz CT molecular complexity index is 952. The number of thiazole rings is 1. The molecule has 0 aliphatic carbocycles. The Kier molecular flexibility index (Phi) is 5.03. The summed E-state index contributed by atoms with van der Waals surface area (Å²) < 4.78 is 19.3. The fourth-order valence-corrected chi connectivity index (χ4v) is 4.22. The third-order valence-electron chi connectivity index (χ3n) is 4.84. The molecule has 1 atom stereocenters. The molecule has 1 aliphatic rings. The molecule has 1 aromatic carbocycles. The summed E-state index contributed by atoms with van der Waals surface area (Å²) in [5.41, 5.74) is 3.33. The number of aromatic nitrogens is 2. The molecule has 3 heterocycles. The molecule has 140 valence electrons. The van der Waals surface area contributed by atoms with Gasteiger partial charge in [0.1, 0.15) is 16.5 Å². The number of carbonyl (C=O) groups excluding carboxylic acids is 1. The Labute approximate surface area is 160 Å². The molecule has 7 heteroatoms. The maximum Gasteiger partial charge on any atom is 0.265 e. The normalized spacial score (nSPS) is 17.3. The second kappa shape index (κ2) is 7.60. The molecule has 1 saturated heterocycles. The van der Waals surface area contributed by atoms with E-state index in [1.165, 1.54) is 23.5 Å². The minimum absolute atomic E-state index is 0.0336. The molecule has 0 unspecified atom stereocenters. The molecule has 1 amide bonds. The van der Waals surface area contributed by atoms with Crippen molar-refractivity contribution in [3.05, 3.63) is 69.6 Å². The van der Waals surface area contributed by atoms with Crippen molar-refractivity contribution >= 4 is 17.2 Å². The van der Waals surface area contributed by atoms with Crippen LogP contribution >= 0.6 is 11.3 Å². The van der Waals surface area contributed by atoms with E-state index in [0.29, 0.717) is 29.5 Å². The third-order valence-corrected chi connectivity index (χ3v) is 5.75. The van der Waals surface area contributed by atoms with Gasteiger partial charge in [0, 0.05) is 19.5 Å². The fraction of sp³-hybridized carbons (Fsp3) is 0.350. The Morgan fingerprint density at radius 1 is 1.41 bits per heavy atom. The van der Waals surface area contributed by atoms with Crippen molar-refractivity contribution in [2.24, 2.45) is 0 Å². The van der Waals surface area contributed by atoms with Crippen molar-refractivity contribution in [3.63, 3.8) is 0 Å². The molecule has 0 bridgehead atoms. The number of oxazole rings is 1. The van der Waals surface area contributed by atoms with Crippen LogP contribution in [-0.4, -0.2) is 33.9 Å². The molecule has 4 rings (SSSR count). The van der Waals surface area contributed by atoms with E-state index >= 15 is 0 Å². The third kappa shape index (κ3) is 3.93. The molecule has 3 aromatic rings. The zero-order valence-electron chi connectivity index (χ0n) is 15.0. The lowest BCUT2D eigenvalue weighted by atomic mass is 9.98. The minimum atomic E-state index is -0.257. The van der Waals surface area contributed by atoms with Gasteiger partial charge in [0.15, 0.2) is 5.89 Å². The summed E-state index contributed by atoms with van der Waals surface area (Å²) in [6, 6.07) is 6.48. The molecule has 0 spiro atoms. The summed E-state index contributed by atoms with van der Waals surface area (Å²) in [6.07, 6.45) is 4.05. The van der Waals surface area contributed by atoms with E-state index in [1.54, 1.807) is 17.8 Å². The van der Waals surface area contributed by atoms with Gasteiger partial charge in [-0.05, 0) is 37.5 Å². The summed E-state index contributed by atoms with van der Waals surface area (Å²) in [6.45, 7) is 3.19. The first-order valence-electron chi connectivity index (χ1n) is 8.98. The molecule has 2 aromatic heterocycles. The Hall–Kier alpha value is -2.54. The predicted octanol–water partition coefficient (Wildman–Crippen LogP) is 4.19. The highest BCUT2D eigenvalue weighted by Crippen LogP contribution is 2.29. The Balaban J connectivity index is 1.45. The molecule has 0 radical (unpaired) electrons. The van der Waals surface area contributed by atoms with Gasteiger partial charge in [0.25, 0.3) is 5.91 Å². The van der Waals surface area contributed by atoms with E-state index in [2.05, 4.69) is 9.97 Å². The lowest BCUT2D eigenvalue weighted by Crippen LogP contribution is -2.39. The van der Waals surface area contributed by atoms with Gasteiger partial charge >= 0.3 is 0 Å². The number of benzene rings is 1. The minimum Gasteiger partial charge on any atom is -0.445 e. The number of hydrogen-bond acceptors (Lipinski definition) is 5. The Morgan fingerprint density at radius 3 is 3.07 bits per heavy atom. The van der Waals surface area contributed by atoms with Gasteiger partial charge in [-0.15, -0.1) is 11.3 Å². The second-order valence-electron chi connectivity index (χ2n) is 6.83. The van der Waals surface area contributed by atoms with E-state index in [1.807, 2.05) is 17.9 Å². The van der Waals surface area contributed by atoms with Crippen molar-refractivity contribution < 1.29 is 13.6 Å². The van der Waals surface area contributed by atoms with Crippen LogP contribution in [0.15, 0.2) is 40.4 Å². The monoisotopic (exact) mass is 385 g/mol. The van der Waals surface area contributed by atoms with E-state index in [-0.39, 0.29) is 17.6 Å². The van der Waals surface area contributed by atoms with Crippen molar-refractivity contribution in [2.75, 3.05) is 13.1 Å². The molecule has 0 N–H and O–H groups in total. The van der Waals surface area contributed by atoms with Crippen LogP contribution in [0.5, 0.6) is 0 Å². The summed E-state index contributed by atoms with van der Waals surface area (Å²) in [4.78, 5) is 23.9. The quantitative estimate of drug-likeness (QED) is 0.676. The largest absolute Gasteiger partial charge is 0.445 e. The highest BCUT2D eigenvalue weighted by atomic mass is 32.1. The van der Waals surface area contributed by atoms with Gasteiger partial charge in [0.05, 0.1) is 23.3 Å². The van der Waals surface area contributed by atoms with Gasteiger partial charge in [-0.1, -0.05) is 12.1 Å². The van der Waals surface area contributed by atoms with Crippen molar-refractivity contribution in [2.45, 2.75) is 32.1 Å². The number of aryl methyl sites for hydroxylation is 1. The standard InChI is InChI=1S/C20H20FN3O2S/c1-13-18(27-12-23-13)20(25)24-7-3-5-15(11-24)19-22-10-17(26-19)9-14-4-2-6-16(21)8-14/h2,4,6,8,10,12,15H,3,5,7,9,11H2,1H3/t15-/m1/s1. The smallest absolute Gasteiger partial charge is 0.265 e. The zero-order valence-corrected chi connectivity index (χ0v) is 15.8. The maximum atomic E-state index is 13.3. The summed E-state index contributed by atoms with van der Waals surface area (Å²) in [7, 11) is 0. The van der Waals surface area contributed by atoms with Crippen LogP contribution in [0.1, 0.15) is 51.3 Å². The number of piperidine rings is 1. The average Bonchev–Trinajstić information content (AvgIpc) is 3.30. The number of rotatable bonds is 4. The van der Waals surface area contributed by atoms with E-state index in [9.17, 15) is 9.18 Å². The van der Waals surface area contributed by atoms with E-state index in [4.69, 9.17) is 4.42 Å². The number of nitrogens with zero attached hydrogens (tertiary/aromatic N) is 3. The highest BCUT2D eigenvalue weighted by Gasteiger charge is 2.29. The summed E-state index contributed by atoms with van der Waals surface area (Å²) in [5, 5.41) is 0. The number of likely N-dealkylation sites (tertiary alicyclic amines) is 1. The number of hydrogen-bond donors (Lipinski definition) is 0. The SMILES string of the molecule is Cc1ncsc1C(=O)N1CCC[C@@H](c2ncc(Cc3cccc(F)c3)o2)C1. The van der Waals surface area contributed by atoms with Crippen LogP contribution in [0, 0.1) is 12.7 Å². The number of carbonyl (C=O) groups is 1. The number of halogens is 1. The lowest BCUT2D eigenvalue weighted by Gasteiger charge is -2.31. The predicted molar refractivity (Wildman–Crippen MR) is 100 cm³/mol. The molecule has 5 nitrogen and oxygen atoms in total. The molecule has 1 fully saturated rings. The Morgan fingerprint density at radius 2 is 2.30 bits per heavy atom. The fourth-order valence-electron chi connectivity index (χ4n) is 3.46. The lowest BCUT2D eigenvalue weighted by molar-refractivity contribution is 0.0702. The van der Waals surface area contributed by atoms with Gasteiger partial charge in [0.2, 0.25) is 0 Å². The van der Waals surface area contributed by atoms with Gasteiger partial charge < -0.3 is 9.32 Å². The summed E-state index contributed by atoms with van der Waals surface area (Å²) >= 11 is 1.38. The molecule has 27 heavy (non-hydrogen) atoms. The average molecular weight is 385 g/mol. The van der Waals surface area contributed by atoms with Gasteiger partial charge in [-0.2, -0.15) is 0 Å². The molecular formula is C20H20FN3O2S. The van der Waals surface area contributed by atoms with Gasteiger partial charge in [-0.3, -0.25) is 4.79 Å². The first-order chi connectivity index (χ1) is 13.1. The van der Waals surface area contributed by atoms with Crippen molar-refractivity contribution in [1.82, 2.24) is 14.9 Å². The summed E-state index contributed by atoms with van der Waals surface area (Å²) in [5.74, 6) is 1.22. The van der Waals surface area contributed by atoms with Crippen LogP contribution in [0.25, 0.3) is 0 Å². The zero-order chi connectivity index (χ0) is 18.8. The van der Waals surface area contributed by atoms with Crippen LogP contribution in [0.3, 0.4) is 0 Å². The first kappa shape index (κ1) is 17.9. The topological polar surface area (TPSA) is 59.2 Å². The second-order valence-corrected chi connectivity index (χ2v) is 7.68. The van der Waals surface area contributed by atoms with Crippen LogP contribution in [-0.2, 0) is 6.42 Å².